The molecular formula is C17H27N5O. The number of aryl methyl sites for hydroxylation is 1. The predicted octanol–water partition coefficient (Wildman–Crippen LogP) is 2.26. The standard InChI is InChI=1S/C17H27N5O/c1-17(2,3)16-19-14-13(11-18-21(14)4)15(20-16)22-8-5-12(6-9-22)7-10-23/h11-12,23H,5-10H2,1-4H3. The van der Waals surface area contributed by atoms with Crippen LogP contribution in [0.2, 0.25) is 0 Å². The van der Waals surface area contributed by atoms with Gasteiger partial charge in [0.15, 0.2) is 5.65 Å². The van der Waals surface area contributed by atoms with Crippen LogP contribution in [0.3, 0.4) is 0 Å². The molecule has 0 bridgehead atoms. The lowest BCUT2D eigenvalue weighted by Gasteiger charge is -2.33. The minimum atomic E-state index is -0.0948. The van der Waals surface area contributed by atoms with E-state index in [1.54, 1.807) is 0 Å². The molecule has 0 radical (unpaired) electrons. The molecule has 0 aromatic carbocycles. The topological polar surface area (TPSA) is 67.1 Å². The Labute approximate surface area is 137 Å². The van der Waals surface area contributed by atoms with Crippen LogP contribution in [0.5, 0.6) is 0 Å². The fourth-order valence-corrected chi connectivity index (χ4v) is 3.20. The van der Waals surface area contributed by atoms with Gasteiger partial charge < -0.3 is 10.0 Å². The second-order valence-corrected chi connectivity index (χ2v) is 7.57. The highest BCUT2D eigenvalue weighted by Gasteiger charge is 2.26. The normalized spacial score (nSPS) is 17.2. The van der Waals surface area contributed by atoms with E-state index in [2.05, 4.69) is 30.8 Å². The lowest BCUT2D eigenvalue weighted by molar-refractivity contribution is 0.240. The number of anilines is 1. The molecule has 23 heavy (non-hydrogen) atoms. The lowest BCUT2D eigenvalue weighted by Crippen LogP contribution is -2.35. The first-order valence-electron chi connectivity index (χ1n) is 8.46. The molecule has 0 aliphatic carbocycles. The van der Waals surface area contributed by atoms with Crippen molar-refractivity contribution in [3.8, 4) is 0 Å². The number of hydrogen-bond acceptors (Lipinski definition) is 5. The van der Waals surface area contributed by atoms with Gasteiger partial charge in [-0.1, -0.05) is 20.8 Å². The maximum absolute atomic E-state index is 9.13. The van der Waals surface area contributed by atoms with Crippen LogP contribution in [-0.2, 0) is 12.5 Å². The summed E-state index contributed by atoms with van der Waals surface area (Å²) in [6, 6.07) is 0. The van der Waals surface area contributed by atoms with Gasteiger partial charge in [-0.2, -0.15) is 5.10 Å². The van der Waals surface area contributed by atoms with Gasteiger partial charge in [-0.15, -0.1) is 0 Å². The fraction of sp³-hybridized carbons (Fsp3) is 0.706. The Morgan fingerprint density at radius 1 is 1.22 bits per heavy atom. The Balaban J connectivity index is 1.97. The molecule has 2 aromatic heterocycles. The Morgan fingerprint density at radius 2 is 1.91 bits per heavy atom. The smallest absolute Gasteiger partial charge is 0.163 e. The van der Waals surface area contributed by atoms with Crippen molar-refractivity contribution < 1.29 is 5.11 Å². The molecule has 1 aliphatic heterocycles. The third-order valence-electron chi connectivity index (χ3n) is 4.69. The van der Waals surface area contributed by atoms with Crippen molar-refractivity contribution in [2.75, 3.05) is 24.6 Å². The Bertz CT molecular complexity index is 680. The van der Waals surface area contributed by atoms with E-state index >= 15 is 0 Å². The molecule has 0 saturated carbocycles. The first-order chi connectivity index (χ1) is 10.9. The van der Waals surface area contributed by atoms with Crippen LogP contribution < -0.4 is 4.90 Å². The van der Waals surface area contributed by atoms with Gasteiger partial charge in [0.2, 0.25) is 0 Å². The molecule has 6 heteroatoms. The number of rotatable bonds is 3. The predicted molar refractivity (Wildman–Crippen MR) is 91.6 cm³/mol. The number of fused-ring (bicyclic) bond motifs is 1. The second-order valence-electron chi connectivity index (χ2n) is 7.57. The summed E-state index contributed by atoms with van der Waals surface area (Å²) in [4.78, 5) is 12.0. The maximum Gasteiger partial charge on any atom is 0.163 e. The molecule has 3 heterocycles. The Hall–Kier alpha value is -1.69. The highest BCUT2D eigenvalue weighted by atomic mass is 16.3. The minimum absolute atomic E-state index is 0.0948. The van der Waals surface area contributed by atoms with E-state index < -0.39 is 0 Å². The molecule has 1 N–H and O–H groups in total. The van der Waals surface area contributed by atoms with Gasteiger partial charge in [-0.25, -0.2) is 9.97 Å². The summed E-state index contributed by atoms with van der Waals surface area (Å²) in [5.74, 6) is 2.50. The van der Waals surface area contributed by atoms with E-state index in [1.165, 1.54) is 0 Å². The van der Waals surface area contributed by atoms with Gasteiger partial charge in [-0.05, 0) is 25.2 Å². The van der Waals surface area contributed by atoms with Crippen LogP contribution in [0.15, 0.2) is 6.20 Å². The third kappa shape index (κ3) is 3.17. The molecular weight excluding hydrogens is 290 g/mol. The summed E-state index contributed by atoms with van der Waals surface area (Å²) in [6.07, 6.45) is 5.00. The van der Waals surface area contributed by atoms with Crippen molar-refractivity contribution in [1.29, 1.82) is 0 Å². The average molecular weight is 317 g/mol. The summed E-state index contributed by atoms with van der Waals surface area (Å²) in [5.41, 5.74) is 0.806. The van der Waals surface area contributed by atoms with E-state index in [0.717, 1.165) is 55.0 Å². The highest BCUT2D eigenvalue weighted by Crippen LogP contribution is 2.31. The Morgan fingerprint density at radius 3 is 2.52 bits per heavy atom. The van der Waals surface area contributed by atoms with Crippen LogP contribution >= 0.6 is 0 Å². The lowest BCUT2D eigenvalue weighted by atomic mass is 9.93. The molecule has 0 unspecified atom stereocenters. The van der Waals surface area contributed by atoms with Gasteiger partial charge >= 0.3 is 0 Å². The monoisotopic (exact) mass is 317 g/mol. The van der Waals surface area contributed by atoms with Gasteiger partial charge in [-0.3, -0.25) is 4.68 Å². The highest BCUT2D eigenvalue weighted by molar-refractivity contribution is 5.87. The quantitative estimate of drug-likeness (QED) is 0.940. The number of aliphatic hydroxyl groups excluding tert-OH is 1. The fourth-order valence-electron chi connectivity index (χ4n) is 3.20. The van der Waals surface area contributed by atoms with Crippen LogP contribution in [-0.4, -0.2) is 44.6 Å². The van der Waals surface area contributed by atoms with Crippen molar-refractivity contribution in [3.63, 3.8) is 0 Å². The first-order valence-corrected chi connectivity index (χ1v) is 8.46. The summed E-state index contributed by atoms with van der Waals surface area (Å²) in [7, 11) is 1.93. The average Bonchev–Trinajstić information content (AvgIpc) is 2.88. The van der Waals surface area contributed by atoms with Crippen molar-refractivity contribution in [1.82, 2.24) is 19.7 Å². The van der Waals surface area contributed by atoms with Crippen LogP contribution in [0, 0.1) is 5.92 Å². The summed E-state index contributed by atoms with van der Waals surface area (Å²) < 4.78 is 1.83. The minimum Gasteiger partial charge on any atom is -0.396 e. The summed E-state index contributed by atoms with van der Waals surface area (Å²) in [5, 5.41) is 14.5. The molecule has 3 rings (SSSR count). The molecule has 0 amide bonds. The van der Waals surface area contributed by atoms with Crippen molar-refractivity contribution in [2.45, 2.75) is 45.4 Å². The number of piperidine rings is 1. The molecule has 1 saturated heterocycles. The molecule has 1 aliphatic rings. The molecule has 0 atom stereocenters. The van der Waals surface area contributed by atoms with E-state index in [0.29, 0.717) is 12.5 Å². The largest absolute Gasteiger partial charge is 0.396 e. The summed E-state index contributed by atoms with van der Waals surface area (Å²) >= 11 is 0. The van der Waals surface area contributed by atoms with Crippen molar-refractivity contribution in [3.05, 3.63) is 12.0 Å². The number of hydrogen-bond donors (Lipinski definition) is 1. The third-order valence-corrected chi connectivity index (χ3v) is 4.69. The van der Waals surface area contributed by atoms with Gasteiger partial charge in [0.1, 0.15) is 11.6 Å². The first kappa shape index (κ1) is 16.2. The SMILES string of the molecule is Cn1ncc2c(N3CCC(CCO)CC3)nc(C(C)(C)C)nc21. The maximum atomic E-state index is 9.13. The summed E-state index contributed by atoms with van der Waals surface area (Å²) in [6.45, 7) is 8.68. The van der Waals surface area contributed by atoms with E-state index in [4.69, 9.17) is 15.1 Å². The van der Waals surface area contributed by atoms with Gasteiger partial charge in [0.05, 0.1) is 11.6 Å². The molecule has 6 nitrogen and oxygen atoms in total. The van der Waals surface area contributed by atoms with Crippen molar-refractivity contribution in [2.24, 2.45) is 13.0 Å². The van der Waals surface area contributed by atoms with Crippen LogP contribution in [0.25, 0.3) is 11.0 Å². The van der Waals surface area contributed by atoms with E-state index in [9.17, 15) is 0 Å². The zero-order valence-electron chi connectivity index (χ0n) is 14.6. The second kappa shape index (κ2) is 6.07. The van der Waals surface area contributed by atoms with E-state index in [1.807, 2.05) is 17.9 Å². The van der Waals surface area contributed by atoms with Crippen molar-refractivity contribution >= 4 is 16.9 Å². The number of aromatic nitrogens is 4. The molecule has 126 valence electrons. The zero-order chi connectivity index (χ0) is 16.6. The van der Waals surface area contributed by atoms with Gasteiger partial charge in [0, 0.05) is 32.2 Å². The number of aliphatic hydroxyl groups is 1. The molecule has 0 spiro atoms. The van der Waals surface area contributed by atoms with Gasteiger partial charge in [0.25, 0.3) is 0 Å². The van der Waals surface area contributed by atoms with Crippen LogP contribution in [0.4, 0.5) is 5.82 Å². The molecule has 2 aromatic rings. The van der Waals surface area contributed by atoms with Crippen LogP contribution in [0.1, 0.15) is 45.9 Å². The number of nitrogens with zero attached hydrogens (tertiary/aromatic N) is 5. The zero-order valence-corrected chi connectivity index (χ0v) is 14.6. The van der Waals surface area contributed by atoms with E-state index in [-0.39, 0.29) is 5.41 Å². The Kier molecular flexibility index (Phi) is 4.27. The molecule has 1 fully saturated rings.